The molecule has 6 rings (SSSR count). The summed E-state index contributed by atoms with van der Waals surface area (Å²) >= 11 is 0. The van der Waals surface area contributed by atoms with Crippen molar-refractivity contribution in [1.82, 2.24) is 19.4 Å². The molecule has 53 heavy (non-hydrogen) atoms. The third kappa shape index (κ3) is 8.74. The Bertz CT molecular complexity index is 2090. The highest BCUT2D eigenvalue weighted by molar-refractivity contribution is 6.05. The average Bonchev–Trinajstić information content (AvgIpc) is 3.46. The number of halogens is 6. The van der Waals surface area contributed by atoms with Crippen molar-refractivity contribution in [2.75, 3.05) is 38.1 Å². The molecule has 9 nitrogen and oxygen atoms in total. The van der Waals surface area contributed by atoms with E-state index in [-0.39, 0.29) is 23.5 Å². The molecule has 5 aromatic rings. The normalized spacial score (nSPS) is 14.0. The summed E-state index contributed by atoms with van der Waals surface area (Å²) in [5.74, 6) is -0.00659. The number of aromatic nitrogens is 2. The van der Waals surface area contributed by atoms with Gasteiger partial charge in [-0.3, -0.25) is 14.5 Å². The Kier molecular flexibility index (Phi) is 10.7. The number of alkyl halides is 6. The maximum Gasteiger partial charge on any atom is 0.417 e. The Balaban J connectivity index is 1.06. The van der Waals surface area contributed by atoms with Gasteiger partial charge in [-0.25, -0.2) is 4.98 Å². The van der Waals surface area contributed by atoms with Crippen molar-refractivity contribution >= 4 is 28.4 Å². The van der Waals surface area contributed by atoms with E-state index in [1.165, 1.54) is 17.7 Å². The molecule has 1 saturated heterocycles. The smallest absolute Gasteiger partial charge is 0.417 e. The van der Waals surface area contributed by atoms with Crippen molar-refractivity contribution in [2.24, 2.45) is 7.05 Å². The van der Waals surface area contributed by atoms with Crippen molar-refractivity contribution in [1.29, 1.82) is 0 Å². The molecular weight excluding hydrogens is 704 g/mol. The standard InChI is InChI=1S/C38H35F6N5O4/c1-3-18-52-28-9-4-24(5-10-28)23-48-14-16-49(17-15-48)36(51)33-19-25-6-11-29(21-32(25)47(33)2)53-34-13-8-27(22-45-34)46-35(50)30-12-7-26(37(39,40)41)20-31(30)38(42,43)44/h4-13,19-22H,3,14-18,23H2,1-2H3,(H,46,50). The number of carbonyl (C=O) groups is 2. The number of hydrogen-bond donors (Lipinski definition) is 1. The second-order valence-corrected chi connectivity index (χ2v) is 12.6. The van der Waals surface area contributed by atoms with E-state index in [9.17, 15) is 35.9 Å². The Labute approximate surface area is 300 Å². The van der Waals surface area contributed by atoms with Crippen LogP contribution in [0.1, 0.15) is 50.9 Å². The fraction of sp³-hybridized carbons (Fsp3) is 0.289. The molecule has 0 aliphatic carbocycles. The predicted molar refractivity (Wildman–Crippen MR) is 185 cm³/mol. The molecule has 0 spiro atoms. The summed E-state index contributed by atoms with van der Waals surface area (Å²) in [7, 11) is 1.79. The van der Waals surface area contributed by atoms with Gasteiger partial charge in [0.1, 0.15) is 17.2 Å². The number of carbonyl (C=O) groups excluding carboxylic acids is 2. The van der Waals surface area contributed by atoms with E-state index in [0.717, 1.165) is 48.9 Å². The molecule has 0 atom stereocenters. The van der Waals surface area contributed by atoms with E-state index >= 15 is 0 Å². The number of fused-ring (bicyclic) bond motifs is 1. The summed E-state index contributed by atoms with van der Waals surface area (Å²) in [6.45, 7) is 6.18. The minimum atomic E-state index is -5.20. The number of rotatable bonds is 10. The van der Waals surface area contributed by atoms with Gasteiger partial charge < -0.3 is 24.3 Å². The summed E-state index contributed by atoms with van der Waals surface area (Å²) in [5.41, 5.74) is -1.79. The average molecular weight is 740 g/mol. The van der Waals surface area contributed by atoms with Crippen LogP contribution in [-0.4, -0.2) is 64.0 Å². The molecule has 0 unspecified atom stereocenters. The van der Waals surface area contributed by atoms with Crippen LogP contribution in [-0.2, 0) is 25.9 Å². The van der Waals surface area contributed by atoms with E-state index in [2.05, 4.69) is 34.3 Å². The Hall–Kier alpha value is -5.57. The van der Waals surface area contributed by atoms with Crippen LogP contribution in [0.25, 0.3) is 10.9 Å². The minimum Gasteiger partial charge on any atom is -0.494 e. The molecular formula is C38H35F6N5O4. The molecule has 2 amide bonds. The topological polar surface area (TPSA) is 88.9 Å². The van der Waals surface area contributed by atoms with Gasteiger partial charge in [0.2, 0.25) is 5.88 Å². The van der Waals surface area contributed by atoms with Gasteiger partial charge in [-0.1, -0.05) is 19.1 Å². The number of benzene rings is 3. The first kappa shape index (κ1) is 37.2. The number of aryl methyl sites for hydroxylation is 1. The van der Waals surface area contributed by atoms with Crippen LogP contribution in [0.4, 0.5) is 32.0 Å². The zero-order valence-electron chi connectivity index (χ0n) is 28.7. The van der Waals surface area contributed by atoms with Gasteiger partial charge in [-0.2, -0.15) is 26.3 Å². The molecule has 15 heteroatoms. The van der Waals surface area contributed by atoms with Crippen molar-refractivity contribution in [2.45, 2.75) is 32.2 Å². The van der Waals surface area contributed by atoms with Crippen LogP contribution in [0.2, 0.25) is 0 Å². The molecule has 1 fully saturated rings. The minimum absolute atomic E-state index is 0.0104. The lowest BCUT2D eigenvalue weighted by Gasteiger charge is -2.34. The molecule has 1 N–H and O–H groups in total. The zero-order chi connectivity index (χ0) is 37.9. The maximum absolute atomic E-state index is 13.6. The summed E-state index contributed by atoms with van der Waals surface area (Å²) < 4.78 is 93.0. The van der Waals surface area contributed by atoms with E-state index in [1.54, 1.807) is 29.8 Å². The van der Waals surface area contributed by atoms with Gasteiger partial charge in [0, 0.05) is 57.3 Å². The lowest BCUT2D eigenvalue weighted by molar-refractivity contribution is -0.143. The highest BCUT2D eigenvalue weighted by Crippen LogP contribution is 2.38. The molecule has 278 valence electrons. The van der Waals surface area contributed by atoms with E-state index in [0.29, 0.717) is 43.3 Å². The molecule has 3 aromatic carbocycles. The maximum atomic E-state index is 13.6. The van der Waals surface area contributed by atoms with Gasteiger partial charge in [0.05, 0.1) is 40.7 Å². The lowest BCUT2D eigenvalue weighted by Crippen LogP contribution is -2.48. The number of nitrogens with one attached hydrogen (secondary N) is 1. The van der Waals surface area contributed by atoms with Gasteiger partial charge >= 0.3 is 12.4 Å². The van der Waals surface area contributed by atoms with Gasteiger partial charge in [-0.15, -0.1) is 0 Å². The summed E-state index contributed by atoms with van der Waals surface area (Å²) in [4.78, 5) is 34.5. The number of pyridine rings is 1. The molecule has 0 saturated carbocycles. The van der Waals surface area contributed by atoms with Crippen molar-refractivity contribution < 1.29 is 45.4 Å². The van der Waals surface area contributed by atoms with Crippen LogP contribution < -0.4 is 14.8 Å². The molecule has 2 aromatic heterocycles. The third-order valence-corrected chi connectivity index (χ3v) is 8.81. The first-order valence-electron chi connectivity index (χ1n) is 16.8. The van der Waals surface area contributed by atoms with Crippen molar-refractivity contribution in [3.8, 4) is 17.4 Å². The molecule has 1 aliphatic rings. The fourth-order valence-corrected chi connectivity index (χ4v) is 6.01. The van der Waals surface area contributed by atoms with Gasteiger partial charge in [0.15, 0.2) is 0 Å². The Morgan fingerprint density at radius 3 is 2.19 bits per heavy atom. The molecule has 0 bridgehead atoms. The largest absolute Gasteiger partial charge is 0.494 e. The third-order valence-electron chi connectivity index (χ3n) is 8.81. The van der Waals surface area contributed by atoms with Crippen molar-refractivity contribution in [3.63, 3.8) is 0 Å². The predicted octanol–water partition coefficient (Wildman–Crippen LogP) is 8.40. The second kappa shape index (κ2) is 15.2. The van der Waals surface area contributed by atoms with Crippen LogP contribution >= 0.6 is 0 Å². The van der Waals surface area contributed by atoms with Crippen LogP contribution in [0.5, 0.6) is 17.4 Å². The molecule has 3 heterocycles. The number of ether oxygens (including phenoxy) is 2. The van der Waals surface area contributed by atoms with Crippen LogP contribution in [0, 0.1) is 0 Å². The van der Waals surface area contributed by atoms with Crippen molar-refractivity contribution in [3.05, 3.63) is 113 Å². The summed E-state index contributed by atoms with van der Waals surface area (Å²) in [6, 6.07) is 18.6. The molecule has 1 aliphatic heterocycles. The zero-order valence-corrected chi connectivity index (χ0v) is 28.7. The van der Waals surface area contributed by atoms with Crippen LogP contribution in [0.15, 0.2) is 85.1 Å². The number of piperazine rings is 1. The lowest BCUT2D eigenvalue weighted by atomic mass is 10.0. The second-order valence-electron chi connectivity index (χ2n) is 12.6. The number of nitrogens with zero attached hydrogens (tertiary/aromatic N) is 4. The number of amides is 2. The van der Waals surface area contributed by atoms with E-state index in [4.69, 9.17) is 9.47 Å². The monoisotopic (exact) mass is 739 g/mol. The van der Waals surface area contributed by atoms with E-state index < -0.39 is 35.0 Å². The van der Waals surface area contributed by atoms with Crippen LogP contribution in [0.3, 0.4) is 0 Å². The first-order chi connectivity index (χ1) is 25.2. The molecule has 0 radical (unpaired) electrons. The first-order valence-corrected chi connectivity index (χ1v) is 16.8. The van der Waals surface area contributed by atoms with Gasteiger partial charge in [-0.05, 0) is 66.6 Å². The quantitative estimate of drug-likeness (QED) is 0.145. The Morgan fingerprint density at radius 1 is 0.830 bits per heavy atom. The Morgan fingerprint density at radius 2 is 1.55 bits per heavy atom. The number of hydrogen-bond acceptors (Lipinski definition) is 6. The number of anilines is 1. The summed E-state index contributed by atoms with van der Waals surface area (Å²) in [5, 5.41) is 3.05. The fourth-order valence-electron chi connectivity index (χ4n) is 6.01. The SMILES string of the molecule is CCCOc1ccc(CN2CCN(C(=O)c3cc4ccc(Oc5ccc(NC(=O)c6ccc(C(F)(F)F)cc6C(F)(F)F)cn5)cc4n3C)CC2)cc1. The van der Waals surface area contributed by atoms with Gasteiger partial charge in [0.25, 0.3) is 11.8 Å². The highest BCUT2D eigenvalue weighted by Gasteiger charge is 2.39. The van der Waals surface area contributed by atoms with E-state index in [1.807, 2.05) is 23.1 Å². The summed E-state index contributed by atoms with van der Waals surface area (Å²) in [6.07, 6.45) is -8.13. The highest BCUT2D eigenvalue weighted by atomic mass is 19.4.